The van der Waals surface area contributed by atoms with Crippen molar-refractivity contribution in [2.24, 2.45) is 5.92 Å². The van der Waals surface area contributed by atoms with Gasteiger partial charge in [0.15, 0.2) is 11.0 Å². The lowest BCUT2D eigenvalue weighted by Crippen LogP contribution is -2.41. The van der Waals surface area contributed by atoms with Crippen LogP contribution in [0.2, 0.25) is 0 Å². The molecule has 0 spiro atoms. The van der Waals surface area contributed by atoms with Crippen molar-refractivity contribution in [1.29, 1.82) is 0 Å². The Bertz CT molecular complexity index is 973. The van der Waals surface area contributed by atoms with E-state index >= 15 is 0 Å². The highest BCUT2D eigenvalue weighted by Gasteiger charge is 2.29. The zero-order valence-corrected chi connectivity index (χ0v) is 17.3. The molecule has 152 valence electrons. The molecule has 4 rings (SSSR count). The van der Waals surface area contributed by atoms with Crippen molar-refractivity contribution < 1.29 is 9.32 Å². The molecule has 3 aromatic heterocycles. The van der Waals surface area contributed by atoms with Crippen molar-refractivity contribution >= 4 is 28.2 Å². The summed E-state index contributed by atoms with van der Waals surface area (Å²) in [7, 11) is 0. The molecule has 1 unspecified atom stereocenters. The molecule has 1 atom stereocenters. The SMILES string of the molecule is CCCc1noc(-c2cnc(C)nc2N2CCCC(C(=O)Nc3nccs3)C2)n1. The smallest absolute Gasteiger partial charge is 0.263 e. The highest BCUT2D eigenvalue weighted by Crippen LogP contribution is 2.31. The summed E-state index contributed by atoms with van der Waals surface area (Å²) >= 11 is 1.42. The second-order valence-corrected chi connectivity index (χ2v) is 7.93. The van der Waals surface area contributed by atoms with Crippen LogP contribution >= 0.6 is 11.3 Å². The zero-order valence-electron chi connectivity index (χ0n) is 16.5. The van der Waals surface area contributed by atoms with E-state index < -0.39 is 0 Å². The first kappa shape index (κ1) is 19.4. The molecule has 1 aliphatic rings. The van der Waals surface area contributed by atoms with Crippen molar-refractivity contribution in [3.63, 3.8) is 0 Å². The van der Waals surface area contributed by atoms with Gasteiger partial charge >= 0.3 is 0 Å². The fourth-order valence-corrected chi connectivity index (χ4v) is 3.95. The third kappa shape index (κ3) is 4.42. The van der Waals surface area contributed by atoms with Gasteiger partial charge in [0.1, 0.15) is 17.2 Å². The van der Waals surface area contributed by atoms with Gasteiger partial charge < -0.3 is 14.7 Å². The Morgan fingerprint density at radius 2 is 2.28 bits per heavy atom. The minimum absolute atomic E-state index is 0.0139. The number of hydrogen-bond acceptors (Lipinski definition) is 9. The zero-order chi connectivity index (χ0) is 20.2. The van der Waals surface area contributed by atoms with Crippen LogP contribution in [-0.2, 0) is 11.2 Å². The number of piperidine rings is 1. The van der Waals surface area contributed by atoms with Gasteiger partial charge in [-0.25, -0.2) is 15.0 Å². The Kier molecular flexibility index (Phi) is 5.79. The van der Waals surface area contributed by atoms with Gasteiger partial charge in [0.2, 0.25) is 5.91 Å². The molecule has 0 radical (unpaired) electrons. The Balaban J connectivity index is 1.56. The maximum atomic E-state index is 12.7. The number of hydrogen-bond donors (Lipinski definition) is 1. The van der Waals surface area contributed by atoms with E-state index in [2.05, 4.69) is 42.2 Å². The van der Waals surface area contributed by atoms with E-state index in [4.69, 9.17) is 4.52 Å². The van der Waals surface area contributed by atoms with Crippen LogP contribution in [0.3, 0.4) is 0 Å². The lowest BCUT2D eigenvalue weighted by atomic mass is 9.97. The third-order valence-electron chi connectivity index (χ3n) is 4.82. The number of thiazole rings is 1. The number of carbonyl (C=O) groups excluding carboxylic acids is 1. The number of amides is 1. The second-order valence-electron chi connectivity index (χ2n) is 7.03. The van der Waals surface area contributed by atoms with Gasteiger partial charge in [-0.15, -0.1) is 11.3 Å². The summed E-state index contributed by atoms with van der Waals surface area (Å²) in [5, 5.41) is 9.42. The minimum atomic E-state index is -0.144. The molecule has 0 aliphatic carbocycles. The lowest BCUT2D eigenvalue weighted by molar-refractivity contribution is -0.120. The van der Waals surface area contributed by atoms with Crippen LogP contribution in [0, 0.1) is 12.8 Å². The number of carbonyl (C=O) groups is 1. The van der Waals surface area contributed by atoms with Crippen LogP contribution in [0.1, 0.15) is 37.8 Å². The molecular formula is C19H23N7O2S. The molecule has 4 heterocycles. The first-order valence-electron chi connectivity index (χ1n) is 9.76. The first-order valence-corrected chi connectivity index (χ1v) is 10.6. The van der Waals surface area contributed by atoms with Gasteiger partial charge in [-0.05, 0) is 26.2 Å². The summed E-state index contributed by atoms with van der Waals surface area (Å²) in [6.45, 7) is 5.29. The van der Waals surface area contributed by atoms with Gasteiger partial charge in [0.25, 0.3) is 5.89 Å². The van der Waals surface area contributed by atoms with Crippen molar-refractivity contribution in [2.75, 3.05) is 23.3 Å². The molecule has 29 heavy (non-hydrogen) atoms. The van der Waals surface area contributed by atoms with Crippen molar-refractivity contribution in [1.82, 2.24) is 25.1 Å². The van der Waals surface area contributed by atoms with Crippen LogP contribution in [0.4, 0.5) is 10.9 Å². The first-order chi connectivity index (χ1) is 14.1. The van der Waals surface area contributed by atoms with Gasteiger partial charge in [-0.1, -0.05) is 12.1 Å². The number of rotatable bonds is 6. The molecule has 0 aromatic carbocycles. The maximum Gasteiger partial charge on any atom is 0.263 e. The summed E-state index contributed by atoms with van der Waals surface area (Å²) in [4.78, 5) is 32.4. The molecule has 1 fully saturated rings. The molecule has 1 N–H and O–H groups in total. The monoisotopic (exact) mass is 413 g/mol. The molecule has 1 saturated heterocycles. The van der Waals surface area contributed by atoms with E-state index in [0.29, 0.717) is 34.8 Å². The average Bonchev–Trinajstić information content (AvgIpc) is 3.40. The highest BCUT2D eigenvalue weighted by atomic mass is 32.1. The standard InChI is InChI=1S/C19H23N7O2S/c1-3-5-15-23-18(28-25-15)14-10-21-12(2)22-16(14)26-8-4-6-13(11-26)17(27)24-19-20-7-9-29-19/h7,9-10,13H,3-6,8,11H2,1-2H3,(H,20,24,27). The lowest BCUT2D eigenvalue weighted by Gasteiger charge is -2.33. The van der Waals surface area contributed by atoms with E-state index in [1.165, 1.54) is 11.3 Å². The fraction of sp³-hybridized carbons (Fsp3) is 0.474. The average molecular weight is 414 g/mol. The Labute approximate surface area is 172 Å². The summed E-state index contributed by atoms with van der Waals surface area (Å²) in [5.41, 5.74) is 0.700. The van der Waals surface area contributed by atoms with Gasteiger partial charge in [0, 0.05) is 37.3 Å². The third-order valence-corrected chi connectivity index (χ3v) is 5.50. The van der Waals surface area contributed by atoms with Crippen molar-refractivity contribution in [3.05, 3.63) is 29.4 Å². The summed E-state index contributed by atoms with van der Waals surface area (Å²) in [6.07, 6.45) is 6.82. The molecule has 0 bridgehead atoms. The number of aromatic nitrogens is 5. The van der Waals surface area contributed by atoms with E-state index in [9.17, 15) is 4.79 Å². The van der Waals surface area contributed by atoms with E-state index in [-0.39, 0.29) is 11.8 Å². The summed E-state index contributed by atoms with van der Waals surface area (Å²) < 4.78 is 5.47. The van der Waals surface area contributed by atoms with Crippen molar-refractivity contribution in [3.8, 4) is 11.5 Å². The quantitative estimate of drug-likeness (QED) is 0.656. The Morgan fingerprint density at radius 1 is 1.38 bits per heavy atom. The number of aryl methyl sites for hydroxylation is 2. The van der Waals surface area contributed by atoms with Crippen LogP contribution in [0.5, 0.6) is 0 Å². The summed E-state index contributed by atoms with van der Waals surface area (Å²) in [5.74, 6) is 2.32. The van der Waals surface area contributed by atoms with Crippen LogP contribution in [-0.4, -0.2) is 44.1 Å². The molecule has 3 aromatic rings. The normalized spacial score (nSPS) is 16.8. The van der Waals surface area contributed by atoms with Gasteiger partial charge in [-0.2, -0.15) is 4.98 Å². The molecular weight excluding hydrogens is 390 g/mol. The molecule has 9 nitrogen and oxygen atoms in total. The largest absolute Gasteiger partial charge is 0.355 e. The summed E-state index contributed by atoms with van der Waals surface area (Å²) in [6, 6.07) is 0. The molecule has 1 amide bonds. The van der Waals surface area contributed by atoms with E-state index in [1.54, 1.807) is 12.4 Å². The van der Waals surface area contributed by atoms with Crippen molar-refractivity contribution in [2.45, 2.75) is 39.5 Å². The molecule has 10 heteroatoms. The van der Waals surface area contributed by atoms with Crippen LogP contribution in [0.15, 0.2) is 22.3 Å². The second kappa shape index (κ2) is 8.64. The number of nitrogens with one attached hydrogen (secondary N) is 1. The van der Waals surface area contributed by atoms with Gasteiger partial charge in [-0.3, -0.25) is 4.79 Å². The predicted molar refractivity (Wildman–Crippen MR) is 110 cm³/mol. The Hall–Kier alpha value is -2.88. The van der Waals surface area contributed by atoms with E-state index in [0.717, 1.165) is 38.0 Å². The van der Waals surface area contributed by atoms with Gasteiger partial charge in [0.05, 0.1) is 5.92 Å². The maximum absolute atomic E-state index is 12.7. The fourth-order valence-electron chi connectivity index (χ4n) is 3.41. The van der Waals surface area contributed by atoms with Crippen LogP contribution < -0.4 is 10.2 Å². The van der Waals surface area contributed by atoms with Crippen LogP contribution in [0.25, 0.3) is 11.5 Å². The number of anilines is 2. The highest BCUT2D eigenvalue weighted by molar-refractivity contribution is 7.13. The topological polar surface area (TPSA) is 110 Å². The predicted octanol–water partition coefficient (Wildman–Crippen LogP) is 3.10. The molecule has 1 aliphatic heterocycles. The minimum Gasteiger partial charge on any atom is -0.355 e. The Morgan fingerprint density at radius 3 is 3.07 bits per heavy atom. The van der Waals surface area contributed by atoms with E-state index in [1.807, 2.05) is 12.3 Å². The molecule has 0 saturated carbocycles. The number of nitrogens with zero attached hydrogens (tertiary/aromatic N) is 6.